The van der Waals surface area contributed by atoms with Crippen molar-refractivity contribution in [1.82, 2.24) is 24.9 Å². The van der Waals surface area contributed by atoms with Crippen molar-refractivity contribution in [1.29, 1.82) is 0 Å². The number of anilines is 2. The van der Waals surface area contributed by atoms with Gasteiger partial charge in [0.2, 0.25) is 5.91 Å². The number of hydrogen-bond donors (Lipinski definition) is 0. The van der Waals surface area contributed by atoms with Crippen molar-refractivity contribution < 1.29 is 4.79 Å². The molecule has 1 aliphatic heterocycles. The van der Waals surface area contributed by atoms with E-state index in [1.165, 1.54) is 17.7 Å². The Bertz CT molecular complexity index is 1010. The fraction of sp³-hybridized carbons (Fsp3) is 0.368. The first-order valence-electron chi connectivity index (χ1n) is 9.16. The SMILES string of the molecule is CC[C@@H]1C(=O)N(C)c2cnc(-c3cncnc3-c3nccs3)nc2N1C(C)C. The van der Waals surface area contributed by atoms with E-state index in [1.54, 1.807) is 30.5 Å². The number of carbonyl (C=O) groups is 1. The summed E-state index contributed by atoms with van der Waals surface area (Å²) in [6.07, 6.45) is 7.36. The third-order valence-corrected chi connectivity index (χ3v) is 5.62. The fourth-order valence-electron chi connectivity index (χ4n) is 3.51. The molecule has 8 nitrogen and oxygen atoms in total. The van der Waals surface area contributed by atoms with Gasteiger partial charge < -0.3 is 9.80 Å². The first-order valence-corrected chi connectivity index (χ1v) is 10.0. The molecule has 3 aromatic heterocycles. The summed E-state index contributed by atoms with van der Waals surface area (Å²) in [5.41, 5.74) is 2.13. The number of hydrogen-bond acceptors (Lipinski definition) is 8. The summed E-state index contributed by atoms with van der Waals surface area (Å²) in [4.78, 5) is 38.8. The minimum absolute atomic E-state index is 0.0616. The van der Waals surface area contributed by atoms with E-state index in [9.17, 15) is 4.79 Å². The third kappa shape index (κ3) is 2.91. The van der Waals surface area contributed by atoms with Gasteiger partial charge in [0, 0.05) is 30.9 Å². The van der Waals surface area contributed by atoms with E-state index in [0.29, 0.717) is 23.6 Å². The Balaban J connectivity index is 1.88. The van der Waals surface area contributed by atoms with Gasteiger partial charge in [0.1, 0.15) is 28.8 Å². The molecule has 0 radical (unpaired) electrons. The molecule has 1 atom stereocenters. The Labute approximate surface area is 167 Å². The van der Waals surface area contributed by atoms with Crippen LogP contribution in [0.1, 0.15) is 27.2 Å². The van der Waals surface area contributed by atoms with Crippen LogP contribution in [0.15, 0.2) is 30.3 Å². The maximum atomic E-state index is 12.8. The molecule has 144 valence electrons. The Kier molecular flexibility index (Phi) is 4.76. The van der Waals surface area contributed by atoms with Crippen LogP contribution in [0, 0.1) is 0 Å². The van der Waals surface area contributed by atoms with Crippen molar-refractivity contribution in [2.75, 3.05) is 16.8 Å². The normalized spacial score (nSPS) is 16.6. The lowest BCUT2D eigenvalue weighted by atomic mass is 10.1. The lowest BCUT2D eigenvalue weighted by Crippen LogP contribution is -2.54. The summed E-state index contributed by atoms with van der Waals surface area (Å²) in [5, 5.41) is 2.69. The van der Waals surface area contributed by atoms with Gasteiger partial charge in [-0.2, -0.15) is 0 Å². The van der Waals surface area contributed by atoms with Crippen LogP contribution < -0.4 is 9.80 Å². The van der Waals surface area contributed by atoms with Gasteiger partial charge in [-0.25, -0.2) is 24.9 Å². The zero-order chi connectivity index (χ0) is 19.8. The summed E-state index contributed by atoms with van der Waals surface area (Å²) in [7, 11) is 1.77. The predicted molar refractivity (Wildman–Crippen MR) is 109 cm³/mol. The minimum atomic E-state index is -0.245. The van der Waals surface area contributed by atoms with Crippen LogP contribution in [0.25, 0.3) is 22.1 Å². The van der Waals surface area contributed by atoms with Crippen molar-refractivity contribution in [3.8, 4) is 22.1 Å². The highest BCUT2D eigenvalue weighted by molar-refractivity contribution is 7.13. The van der Waals surface area contributed by atoms with Gasteiger partial charge in [0.25, 0.3) is 0 Å². The number of carbonyl (C=O) groups excluding carboxylic acids is 1. The van der Waals surface area contributed by atoms with E-state index in [2.05, 4.69) is 38.7 Å². The molecular formula is C19H21N7OS. The molecular weight excluding hydrogens is 374 g/mol. The summed E-state index contributed by atoms with van der Waals surface area (Å²) in [5.74, 6) is 1.34. The molecule has 0 fully saturated rings. The molecule has 3 aromatic rings. The molecule has 28 heavy (non-hydrogen) atoms. The highest BCUT2D eigenvalue weighted by atomic mass is 32.1. The molecule has 0 spiro atoms. The van der Waals surface area contributed by atoms with Crippen LogP contribution in [-0.4, -0.2) is 50.0 Å². The Hall–Kier alpha value is -2.94. The molecule has 0 aromatic carbocycles. The lowest BCUT2D eigenvalue weighted by Gasteiger charge is -2.42. The second-order valence-electron chi connectivity index (χ2n) is 6.85. The van der Waals surface area contributed by atoms with Crippen molar-refractivity contribution in [3.05, 3.63) is 30.3 Å². The van der Waals surface area contributed by atoms with E-state index in [1.807, 2.05) is 12.3 Å². The van der Waals surface area contributed by atoms with Crippen LogP contribution >= 0.6 is 11.3 Å². The number of fused-ring (bicyclic) bond motifs is 1. The minimum Gasteiger partial charge on any atom is -0.340 e. The van der Waals surface area contributed by atoms with Crippen molar-refractivity contribution >= 4 is 28.7 Å². The molecule has 0 aliphatic carbocycles. The topological polar surface area (TPSA) is 88.0 Å². The number of rotatable bonds is 4. The molecule has 4 rings (SSSR count). The van der Waals surface area contributed by atoms with E-state index < -0.39 is 0 Å². The van der Waals surface area contributed by atoms with Crippen LogP contribution in [-0.2, 0) is 4.79 Å². The van der Waals surface area contributed by atoms with Crippen LogP contribution in [0.3, 0.4) is 0 Å². The summed E-state index contributed by atoms with van der Waals surface area (Å²) in [6, 6.07) is -0.125. The molecule has 0 N–H and O–H groups in total. The zero-order valence-corrected chi connectivity index (χ0v) is 17.0. The van der Waals surface area contributed by atoms with Crippen LogP contribution in [0.5, 0.6) is 0 Å². The maximum Gasteiger partial charge on any atom is 0.249 e. The number of likely N-dealkylation sites (N-methyl/N-ethyl adjacent to an activating group) is 1. The molecule has 0 bridgehead atoms. The number of thiazole rings is 1. The van der Waals surface area contributed by atoms with E-state index in [-0.39, 0.29) is 18.0 Å². The highest BCUT2D eigenvalue weighted by Gasteiger charge is 2.38. The molecule has 1 aliphatic rings. The van der Waals surface area contributed by atoms with Crippen molar-refractivity contribution in [2.45, 2.75) is 39.3 Å². The van der Waals surface area contributed by atoms with Gasteiger partial charge in [-0.3, -0.25) is 4.79 Å². The third-order valence-electron chi connectivity index (χ3n) is 4.84. The summed E-state index contributed by atoms with van der Waals surface area (Å²) in [6.45, 7) is 6.16. The van der Waals surface area contributed by atoms with Gasteiger partial charge in [0.15, 0.2) is 11.6 Å². The molecule has 0 saturated heterocycles. The Morgan fingerprint density at radius 1 is 1.21 bits per heavy atom. The number of aromatic nitrogens is 5. The average Bonchev–Trinajstić information content (AvgIpc) is 3.24. The fourth-order valence-corrected chi connectivity index (χ4v) is 4.16. The number of amides is 1. The largest absolute Gasteiger partial charge is 0.340 e. The zero-order valence-electron chi connectivity index (χ0n) is 16.2. The van der Waals surface area contributed by atoms with Gasteiger partial charge in [0.05, 0.1) is 11.8 Å². The lowest BCUT2D eigenvalue weighted by molar-refractivity contribution is -0.120. The van der Waals surface area contributed by atoms with Crippen LogP contribution in [0.2, 0.25) is 0 Å². The van der Waals surface area contributed by atoms with E-state index >= 15 is 0 Å². The van der Waals surface area contributed by atoms with Gasteiger partial charge >= 0.3 is 0 Å². The predicted octanol–water partition coefficient (Wildman–Crippen LogP) is 3.03. The first-order chi connectivity index (χ1) is 13.5. The highest BCUT2D eigenvalue weighted by Crippen LogP contribution is 2.38. The molecule has 4 heterocycles. The second kappa shape index (κ2) is 7.23. The van der Waals surface area contributed by atoms with Crippen molar-refractivity contribution in [3.63, 3.8) is 0 Å². The van der Waals surface area contributed by atoms with Crippen LogP contribution in [0.4, 0.5) is 11.5 Å². The van der Waals surface area contributed by atoms with E-state index in [4.69, 9.17) is 4.98 Å². The molecule has 0 unspecified atom stereocenters. The quantitative estimate of drug-likeness (QED) is 0.671. The first kappa shape index (κ1) is 18.4. The van der Waals surface area contributed by atoms with E-state index in [0.717, 1.165) is 16.4 Å². The van der Waals surface area contributed by atoms with Gasteiger partial charge in [-0.15, -0.1) is 11.3 Å². The van der Waals surface area contributed by atoms with Gasteiger partial charge in [-0.1, -0.05) is 6.92 Å². The number of nitrogens with zero attached hydrogens (tertiary/aromatic N) is 7. The van der Waals surface area contributed by atoms with Crippen molar-refractivity contribution in [2.24, 2.45) is 0 Å². The monoisotopic (exact) mass is 395 g/mol. The molecule has 0 saturated carbocycles. The Morgan fingerprint density at radius 3 is 2.71 bits per heavy atom. The summed E-state index contributed by atoms with van der Waals surface area (Å²) < 4.78 is 0. The maximum absolute atomic E-state index is 12.8. The summed E-state index contributed by atoms with van der Waals surface area (Å²) >= 11 is 1.50. The average molecular weight is 395 g/mol. The second-order valence-corrected chi connectivity index (χ2v) is 7.74. The Morgan fingerprint density at radius 2 is 2.04 bits per heavy atom. The molecule has 9 heteroatoms. The smallest absolute Gasteiger partial charge is 0.249 e. The molecule has 1 amide bonds. The van der Waals surface area contributed by atoms with Gasteiger partial charge in [-0.05, 0) is 20.3 Å². The standard InChI is InChI=1S/C19H21N7OS/c1-5-13-19(27)25(4)14-9-22-16(24-17(14)26(13)11(2)3)12-8-20-10-23-15(12)18-21-6-7-28-18/h6-11,13H,5H2,1-4H3/t13-/m1/s1.